The smallest absolute Gasteiger partial charge is 0.229 e. The molecule has 1 N–H and O–H groups in total. The van der Waals surface area contributed by atoms with Crippen molar-refractivity contribution in [2.75, 3.05) is 6.54 Å². The summed E-state index contributed by atoms with van der Waals surface area (Å²) in [7, 11) is 0. The number of halogens is 1. The molecule has 1 atom stereocenters. The van der Waals surface area contributed by atoms with Gasteiger partial charge in [-0.25, -0.2) is 0 Å². The molecular formula is C18H19ClN2O4. The highest BCUT2D eigenvalue weighted by atomic mass is 35.5. The highest BCUT2D eigenvalue weighted by molar-refractivity contribution is 6.31. The molecule has 6 nitrogen and oxygen atoms in total. The van der Waals surface area contributed by atoms with Crippen LogP contribution in [0.15, 0.2) is 28.7 Å². The summed E-state index contributed by atoms with van der Waals surface area (Å²) in [5.74, 6) is 0.194. The van der Waals surface area contributed by atoms with Crippen LogP contribution in [0.25, 0.3) is 11.0 Å². The predicted octanol–water partition coefficient (Wildman–Crippen LogP) is 3.19. The van der Waals surface area contributed by atoms with Crippen LogP contribution in [0.2, 0.25) is 5.02 Å². The zero-order chi connectivity index (χ0) is 18.0. The molecule has 2 heterocycles. The van der Waals surface area contributed by atoms with Crippen molar-refractivity contribution in [3.8, 4) is 0 Å². The van der Waals surface area contributed by atoms with Gasteiger partial charge in [-0.15, -0.1) is 0 Å². The number of amides is 3. The van der Waals surface area contributed by atoms with Crippen LogP contribution in [-0.2, 0) is 14.4 Å². The van der Waals surface area contributed by atoms with E-state index in [2.05, 4.69) is 5.32 Å². The molecule has 1 aromatic heterocycles. The van der Waals surface area contributed by atoms with Crippen molar-refractivity contribution in [3.05, 3.63) is 35.0 Å². The maximum atomic E-state index is 12.1. The third-order valence-corrected chi connectivity index (χ3v) is 4.48. The summed E-state index contributed by atoms with van der Waals surface area (Å²) in [6, 6.07) is 6.92. The highest BCUT2D eigenvalue weighted by Gasteiger charge is 2.28. The van der Waals surface area contributed by atoms with Crippen molar-refractivity contribution >= 4 is 40.3 Å². The number of benzene rings is 1. The standard InChI is InChI=1S/C18H19ClN2O4/c1-11(15-10-12-9-13(19)4-5-14(12)25-15)20-16(22)3-2-8-21-17(23)6-7-18(21)24/h4-5,9-11H,2-3,6-8H2,1H3,(H,20,22)/t11-/m0/s1. The topological polar surface area (TPSA) is 79.6 Å². The lowest BCUT2D eigenvalue weighted by Crippen LogP contribution is -2.32. The quantitative estimate of drug-likeness (QED) is 0.800. The zero-order valence-electron chi connectivity index (χ0n) is 13.9. The van der Waals surface area contributed by atoms with Crippen LogP contribution in [0.1, 0.15) is 44.4 Å². The van der Waals surface area contributed by atoms with Gasteiger partial charge in [0, 0.05) is 36.2 Å². The lowest BCUT2D eigenvalue weighted by Gasteiger charge is -2.14. The Labute approximate surface area is 150 Å². The number of hydrogen-bond donors (Lipinski definition) is 1. The number of imide groups is 1. The number of carbonyl (C=O) groups is 3. The Bertz CT molecular complexity index is 814. The normalized spacial score (nSPS) is 15.8. The minimum Gasteiger partial charge on any atom is -0.459 e. The number of nitrogens with one attached hydrogen (secondary N) is 1. The fourth-order valence-corrected chi connectivity index (χ4v) is 3.08. The van der Waals surface area contributed by atoms with Gasteiger partial charge in [0.2, 0.25) is 17.7 Å². The Morgan fingerprint density at radius 2 is 2.00 bits per heavy atom. The maximum absolute atomic E-state index is 12.1. The molecule has 0 aliphatic carbocycles. The van der Waals surface area contributed by atoms with Crippen LogP contribution in [0.5, 0.6) is 0 Å². The summed E-state index contributed by atoms with van der Waals surface area (Å²) >= 11 is 5.96. The number of rotatable bonds is 6. The van der Waals surface area contributed by atoms with E-state index in [0.717, 1.165) is 5.39 Å². The van der Waals surface area contributed by atoms with Gasteiger partial charge in [-0.3, -0.25) is 19.3 Å². The minimum atomic E-state index is -0.284. The molecular weight excluding hydrogens is 344 g/mol. The summed E-state index contributed by atoms with van der Waals surface area (Å²) in [6.07, 6.45) is 1.25. The van der Waals surface area contributed by atoms with Crippen molar-refractivity contribution in [1.82, 2.24) is 10.2 Å². The van der Waals surface area contributed by atoms with Gasteiger partial charge in [0.25, 0.3) is 0 Å². The highest BCUT2D eigenvalue weighted by Crippen LogP contribution is 2.26. The zero-order valence-corrected chi connectivity index (χ0v) is 14.6. The second-order valence-electron chi connectivity index (χ2n) is 6.16. The molecule has 2 aromatic rings. The molecule has 0 saturated carbocycles. The molecule has 0 bridgehead atoms. The van der Waals surface area contributed by atoms with E-state index in [-0.39, 0.29) is 43.0 Å². The average Bonchev–Trinajstić information content (AvgIpc) is 3.12. The summed E-state index contributed by atoms with van der Waals surface area (Å²) in [4.78, 5) is 36.3. The fraction of sp³-hybridized carbons (Fsp3) is 0.389. The summed E-state index contributed by atoms with van der Waals surface area (Å²) in [6.45, 7) is 2.13. The van der Waals surface area contributed by atoms with Crippen molar-refractivity contribution in [2.45, 2.75) is 38.6 Å². The van der Waals surface area contributed by atoms with E-state index in [0.29, 0.717) is 29.3 Å². The SMILES string of the molecule is C[C@H](NC(=O)CCCN1C(=O)CCC1=O)c1cc2cc(Cl)ccc2o1. The Balaban J connectivity index is 1.51. The van der Waals surface area contributed by atoms with Crippen LogP contribution in [0, 0.1) is 0 Å². The first-order chi connectivity index (χ1) is 11.9. The Morgan fingerprint density at radius 3 is 2.72 bits per heavy atom. The Hall–Kier alpha value is -2.34. The van der Waals surface area contributed by atoms with E-state index >= 15 is 0 Å². The van der Waals surface area contributed by atoms with E-state index in [9.17, 15) is 14.4 Å². The molecule has 1 saturated heterocycles. The molecule has 25 heavy (non-hydrogen) atoms. The van der Waals surface area contributed by atoms with Crippen LogP contribution in [0.4, 0.5) is 0 Å². The molecule has 0 unspecified atom stereocenters. The van der Waals surface area contributed by atoms with Gasteiger partial charge in [0.1, 0.15) is 11.3 Å². The van der Waals surface area contributed by atoms with E-state index < -0.39 is 0 Å². The third-order valence-electron chi connectivity index (χ3n) is 4.24. The molecule has 132 valence electrons. The number of fused-ring (bicyclic) bond motifs is 1. The van der Waals surface area contributed by atoms with Crippen molar-refractivity contribution in [1.29, 1.82) is 0 Å². The van der Waals surface area contributed by atoms with Gasteiger partial charge in [-0.2, -0.15) is 0 Å². The van der Waals surface area contributed by atoms with Crippen LogP contribution >= 0.6 is 11.6 Å². The first kappa shape index (κ1) is 17.5. The van der Waals surface area contributed by atoms with E-state index in [1.807, 2.05) is 19.1 Å². The van der Waals surface area contributed by atoms with Gasteiger partial charge in [-0.05, 0) is 37.6 Å². The second-order valence-corrected chi connectivity index (χ2v) is 6.60. The summed E-state index contributed by atoms with van der Waals surface area (Å²) in [5.41, 5.74) is 0.714. The number of furan rings is 1. The van der Waals surface area contributed by atoms with Crippen LogP contribution in [0.3, 0.4) is 0 Å². The monoisotopic (exact) mass is 362 g/mol. The first-order valence-corrected chi connectivity index (χ1v) is 8.63. The fourth-order valence-electron chi connectivity index (χ4n) is 2.90. The lowest BCUT2D eigenvalue weighted by atomic mass is 10.2. The number of likely N-dealkylation sites (tertiary alicyclic amines) is 1. The molecule has 1 aliphatic heterocycles. The van der Waals surface area contributed by atoms with Gasteiger partial charge < -0.3 is 9.73 Å². The molecule has 1 aromatic carbocycles. The van der Waals surface area contributed by atoms with Crippen molar-refractivity contribution in [3.63, 3.8) is 0 Å². The van der Waals surface area contributed by atoms with Gasteiger partial charge in [-0.1, -0.05) is 11.6 Å². The molecule has 0 spiro atoms. The predicted molar refractivity (Wildman–Crippen MR) is 93.0 cm³/mol. The Morgan fingerprint density at radius 1 is 1.28 bits per heavy atom. The number of carbonyl (C=O) groups excluding carboxylic acids is 3. The second kappa shape index (κ2) is 7.27. The number of nitrogens with zero attached hydrogens (tertiary/aromatic N) is 1. The third kappa shape index (κ3) is 4.02. The lowest BCUT2D eigenvalue weighted by molar-refractivity contribution is -0.138. The molecule has 1 fully saturated rings. The van der Waals surface area contributed by atoms with Crippen molar-refractivity contribution in [2.24, 2.45) is 0 Å². The molecule has 3 rings (SSSR count). The summed E-state index contributed by atoms with van der Waals surface area (Å²) < 4.78 is 5.73. The largest absolute Gasteiger partial charge is 0.459 e. The molecule has 1 aliphatic rings. The molecule has 7 heteroatoms. The van der Waals surface area contributed by atoms with Crippen LogP contribution < -0.4 is 5.32 Å². The minimum absolute atomic E-state index is 0.148. The number of hydrogen-bond acceptors (Lipinski definition) is 4. The molecule has 0 radical (unpaired) electrons. The van der Waals surface area contributed by atoms with E-state index in [4.69, 9.17) is 16.0 Å². The first-order valence-electron chi connectivity index (χ1n) is 8.25. The summed E-state index contributed by atoms with van der Waals surface area (Å²) in [5, 5.41) is 4.38. The Kier molecular flexibility index (Phi) is 5.08. The van der Waals surface area contributed by atoms with Gasteiger partial charge >= 0.3 is 0 Å². The van der Waals surface area contributed by atoms with Crippen molar-refractivity contribution < 1.29 is 18.8 Å². The maximum Gasteiger partial charge on any atom is 0.229 e. The average molecular weight is 363 g/mol. The van der Waals surface area contributed by atoms with Gasteiger partial charge in [0.15, 0.2) is 0 Å². The molecule has 3 amide bonds. The van der Waals surface area contributed by atoms with Gasteiger partial charge in [0.05, 0.1) is 6.04 Å². The van der Waals surface area contributed by atoms with Crippen LogP contribution in [-0.4, -0.2) is 29.2 Å². The van der Waals surface area contributed by atoms with E-state index in [1.54, 1.807) is 12.1 Å². The van der Waals surface area contributed by atoms with E-state index in [1.165, 1.54) is 4.90 Å².